The van der Waals surface area contributed by atoms with Crippen LogP contribution >= 0.6 is 11.3 Å². The Morgan fingerprint density at radius 2 is 1.58 bits per heavy atom. The summed E-state index contributed by atoms with van der Waals surface area (Å²) in [5.74, 6) is 0.590. The van der Waals surface area contributed by atoms with Gasteiger partial charge < -0.3 is 5.32 Å². The van der Waals surface area contributed by atoms with Crippen LogP contribution in [0.25, 0.3) is 22.0 Å². The third kappa shape index (κ3) is 2.98. The molecule has 0 fully saturated rings. The molecule has 2 aromatic heterocycles. The highest BCUT2D eigenvalue weighted by Crippen LogP contribution is 2.28. The molecule has 0 saturated carbocycles. The normalized spacial score (nSPS) is 10.9. The van der Waals surface area contributed by atoms with Crippen molar-refractivity contribution in [1.29, 1.82) is 0 Å². The van der Waals surface area contributed by atoms with E-state index in [0.717, 1.165) is 27.8 Å². The van der Waals surface area contributed by atoms with Crippen molar-refractivity contribution in [2.45, 2.75) is 13.8 Å². The van der Waals surface area contributed by atoms with Crippen LogP contribution in [0, 0.1) is 13.8 Å². The molecular weight excluding hydrogens is 316 g/mol. The number of aromatic nitrogens is 3. The summed E-state index contributed by atoms with van der Waals surface area (Å²) in [4.78, 5) is 13.5. The summed E-state index contributed by atoms with van der Waals surface area (Å²) in [6.45, 7) is 3.92. The summed E-state index contributed by atoms with van der Waals surface area (Å²) in [7, 11) is 0. The van der Waals surface area contributed by atoms with E-state index in [1.54, 1.807) is 11.3 Å². The standard InChI is InChI=1S/C19H16N4S/c1-12-9-13(2)21-18(20-12)23-19-22-17(11-24-19)16-8-7-14-5-3-4-6-15(14)10-16/h3-11H,1-2H3,(H,20,21,22,23). The molecule has 0 bridgehead atoms. The predicted molar refractivity (Wildman–Crippen MR) is 99.8 cm³/mol. The van der Waals surface area contributed by atoms with Gasteiger partial charge >= 0.3 is 0 Å². The fraction of sp³-hybridized carbons (Fsp3) is 0.105. The summed E-state index contributed by atoms with van der Waals surface area (Å²) in [6, 6.07) is 16.7. The fourth-order valence-corrected chi connectivity index (χ4v) is 3.40. The van der Waals surface area contributed by atoms with Gasteiger partial charge in [-0.15, -0.1) is 11.3 Å². The van der Waals surface area contributed by atoms with Crippen molar-refractivity contribution < 1.29 is 0 Å². The zero-order valence-electron chi connectivity index (χ0n) is 13.4. The van der Waals surface area contributed by atoms with Crippen molar-refractivity contribution in [3.05, 3.63) is 65.3 Å². The molecule has 0 aliphatic heterocycles. The molecule has 1 N–H and O–H groups in total. The minimum absolute atomic E-state index is 0.590. The van der Waals surface area contributed by atoms with E-state index in [0.29, 0.717) is 5.95 Å². The quantitative estimate of drug-likeness (QED) is 0.566. The minimum atomic E-state index is 0.590. The van der Waals surface area contributed by atoms with E-state index in [4.69, 9.17) is 0 Å². The smallest absolute Gasteiger partial charge is 0.229 e. The second-order valence-corrected chi connectivity index (χ2v) is 6.56. The fourth-order valence-electron chi connectivity index (χ4n) is 2.69. The van der Waals surface area contributed by atoms with Gasteiger partial charge in [0.1, 0.15) is 0 Å². The van der Waals surface area contributed by atoms with Crippen molar-refractivity contribution >= 4 is 33.2 Å². The van der Waals surface area contributed by atoms with Crippen LogP contribution in [0.3, 0.4) is 0 Å². The van der Waals surface area contributed by atoms with Gasteiger partial charge in [-0.2, -0.15) is 0 Å². The number of thiazole rings is 1. The molecule has 0 atom stereocenters. The molecular formula is C19H16N4S. The van der Waals surface area contributed by atoms with Crippen molar-refractivity contribution in [2.75, 3.05) is 5.32 Å². The van der Waals surface area contributed by atoms with Crippen LogP contribution in [0.1, 0.15) is 11.4 Å². The number of anilines is 2. The van der Waals surface area contributed by atoms with Crippen LogP contribution in [0.15, 0.2) is 53.9 Å². The summed E-state index contributed by atoms with van der Waals surface area (Å²) < 4.78 is 0. The molecule has 2 aromatic carbocycles. The number of nitrogens with zero attached hydrogens (tertiary/aromatic N) is 3. The summed E-state index contributed by atoms with van der Waals surface area (Å²) in [5.41, 5.74) is 3.95. The van der Waals surface area contributed by atoms with Gasteiger partial charge in [-0.3, -0.25) is 0 Å². The van der Waals surface area contributed by atoms with Gasteiger partial charge in [0.2, 0.25) is 5.95 Å². The zero-order chi connectivity index (χ0) is 16.5. The molecule has 5 heteroatoms. The monoisotopic (exact) mass is 332 g/mol. The number of hydrogen-bond acceptors (Lipinski definition) is 5. The Morgan fingerprint density at radius 1 is 0.833 bits per heavy atom. The maximum absolute atomic E-state index is 4.67. The highest BCUT2D eigenvalue weighted by atomic mass is 32.1. The van der Waals surface area contributed by atoms with Crippen LogP contribution in [0.5, 0.6) is 0 Å². The van der Waals surface area contributed by atoms with Gasteiger partial charge in [-0.25, -0.2) is 15.0 Å². The Labute approximate surface area is 144 Å². The van der Waals surface area contributed by atoms with Crippen molar-refractivity contribution in [2.24, 2.45) is 0 Å². The molecule has 0 saturated heterocycles. The van der Waals surface area contributed by atoms with E-state index in [1.165, 1.54) is 10.8 Å². The second-order valence-electron chi connectivity index (χ2n) is 5.70. The van der Waals surface area contributed by atoms with Crippen LogP contribution in [0.4, 0.5) is 11.1 Å². The lowest BCUT2D eigenvalue weighted by Crippen LogP contribution is -1.99. The third-order valence-corrected chi connectivity index (χ3v) is 4.51. The number of fused-ring (bicyclic) bond motifs is 1. The van der Waals surface area contributed by atoms with E-state index < -0.39 is 0 Å². The maximum Gasteiger partial charge on any atom is 0.229 e. The molecule has 0 spiro atoms. The number of rotatable bonds is 3. The summed E-state index contributed by atoms with van der Waals surface area (Å²) >= 11 is 1.55. The molecule has 0 aliphatic carbocycles. The first-order valence-electron chi connectivity index (χ1n) is 7.71. The Bertz CT molecular complexity index is 1000. The van der Waals surface area contributed by atoms with E-state index in [-0.39, 0.29) is 0 Å². The van der Waals surface area contributed by atoms with E-state index in [2.05, 4.69) is 68.1 Å². The lowest BCUT2D eigenvalue weighted by molar-refractivity contribution is 1.06. The van der Waals surface area contributed by atoms with Crippen LogP contribution < -0.4 is 5.32 Å². The van der Waals surface area contributed by atoms with E-state index >= 15 is 0 Å². The average molecular weight is 332 g/mol. The molecule has 118 valence electrons. The first-order valence-corrected chi connectivity index (χ1v) is 8.59. The van der Waals surface area contributed by atoms with Crippen LogP contribution in [-0.4, -0.2) is 15.0 Å². The SMILES string of the molecule is Cc1cc(C)nc(Nc2nc(-c3ccc4ccccc4c3)cs2)n1. The number of benzene rings is 2. The molecule has 24 heavy (non-hydrogen) atoms. The highest BCUT2D eigenvalue weighted by molar-refractivity contribution is 7.14. The number of aryl methyl sites for hydroxylation is 2. The largest absolute Gasteiger partial charge is 0.300 e. The molecule has 4 rings (SSSR count). The van der Waals surface area contributed by atoms with Crippen molar-refractivity contribution in [3.63, 3.8) is 0 Å². The molecule has 2 heterocycles. The number of nitrogens with one attached hydrogen (secondary N) is 1. The molecule has 0 aliphatic rings. The summed E-state index contributed by atoms with van der Waals surface area (Å²) in [5, 5.41) is 8.50. The average Bonchev–Trinajstić information content (AvgIpc) is 3.02. The van der Waals surface area contributed by atoms with Gasteiger partial charge in [-0.05, 0) is 36.8 Å². The first kappa shape index (κ1) is 14.8. The van der Waals surface area contributed by atoms with Gasteiger partial charge in [0.25, 0.3) is 0 Å². The Morgan fingerprint density at radius 3 is 2.38 bits per heavy atom. The maximum atomic E-state index is 4.67. The lowest BCUT2D eigenvalue weighted by Gasteiger charge is -2.03. The lowest BCUT2D eigenvalue weighted by atomic mass is 10.1. The zero-order valence-corrected chi connectivity index (χ0v) is 14.3. The molecule has 0 unspecified atom stereocenters. The van der Waals surface area contributed by atoms with Crippen molar-refractivity contribution in [3.8, 4) is 11.3 Å². The van der Waals surface area contributed by atoms with Crippen LogP contribution in [0.2, 0.25) is 0 Å². The Kier molecular flexibility index (Phi) is 3.70. The van der Waals surface area contributed by atoms with Gasteiger partial charge in [0, 0.05) is 22.3 Å². The van der Waals surface area contributed by atoms with E-state index in [9.17, 15) is 0 Å². The van der Waals surface area contributed by atoms with Gasteiger partial charge in [0.15, 0.2) is 5.13 Å². The number of hydrogen-bond donors (Lipinski definition) is 1. The Balaban J connectivity index is 1.63. The Hall–Kier alpha value is -2.79. The minimum Gasteiger partial charge on any atom is -0.300 e. The highest BCUT2D eigenvalue weighted by Gasteiger charge is 2.07. The van der Waals surface area contributed by atoms with Crippen LogP contribution in [-0.2, 0) is 0 Å². The van der Waals surface area contributed by atoms with Gasteiger partial charge in [0.05, 0.1) is 5.69 Å². The second kappa shape index (κ2) is 6.02. The molecule has 4 nitrogen and oxygen atoms in total. The summed E-state index contributed by atoms with van der Waals surface area (Å²) in [6.07, 6.45) is 0. The van der Waals surface area contributed by atoms with Gasteiger partial charge in [-0.1, -0.05) is 36.4 Å². The third-order valence-electron chi connectivity index (χ3n) is 3.75. The molecule has 0 radical (unpaired) electrons. The topological polar surface area (TPSA) is 50.7 Å². The molecule has 4 aromatic rings. The predicted octanol–water partition coefficient (Wildman–Crippen LogP) is 5.11. The first-order chi connectivity index (χ1) is 11.7. The van der Waals surface area contributed by atoms with Crippen molar-refractivity contribution in [1.82, 2.24) is 15.0 Å². The molecule has 0 amide bonds. The van der Waals surface area contributed by atoms with E-state index in [1.807, 2.05) is 19.9 Å².